The van der Waals surface area contributed by atoms with E-state index in [9.17, 15) is 9.90 Å². The zero-order valence-corrected chi connectivity index (χ0v) is 14.0. The normalized spacial score (nSPS) is 19.0. The van der Waals surface area contributed by atoms with Crippen LogP contribution in [0.3, 0.4) is 0 Å². The van der Waals surface area contributed by atoms with Crippen molar-refractivity contribution >= 4 is 17.7 Å². The van der Waals surface area contributed by atoms with E-state index in [4.69, 9.17) is 11.6 Å². The van der Waals surface area contributed by atoms with Crippen molar-refractivity contribution in [1.29, 1.82) is 0 Å². The number of carboxylic acid groups (broad SMARTS) is 1. The van der Waals surface area contributed by atoms with E-state index in [0.29, 0.717) is 5.02 Å². The number of amides is 1. The zero-order chi connectivity index (χ0) is 16.6. The third-order valence-corrected chi connectivity index (χ3v) is 5.06. The van der Waals surface area contributed by atoms with Crippen molar-refractivity contribution in [3.63, 3.8) is 0 Å². The second kappa shape index (κ2) is 5.89. The lowest BCUT2D eigenvalue weighted by molar-refractivity contribution is 0.161. The molecule has 1 aliphatic carbocycles. The Morgan fingerprint density at radius 1 is 1.26 bits per heavy atom. The molecule has 0 spiro atoms. The molecule has 2 N–H and O–H groups in total. The number of carbonyl (C=O) groups is 1. The lowest BCUT2D eigenvalue weighted by Gasteiger charge is -2.40. The predicted molar refractivity (Wildman–Crippen MR) is 92.9 cm³/mol. The monoisotopic (exact) mass is 329 g/mol. The summed E-state index contributed by atoms with van der Waals surface area (Å²) in [6.45, 7) is 4.22. The van der Waals surface area contributed by atoms with Gasteiger partial charge in [0, 0.05) is 10.6 Å². The quantitative estimate of drug-likeness (QED) is 0.786. The molecule has 1 amide bonds. The highest BCUT2D eigenvalue weighted by atomic mass is 35.5. The molecule has 120 valence electrons. The zero-order valence-electron chi connectivity index (χ0n) is 13.3. The van der Waals surface area contributed by atoms with Crippen LogP contribution in [0.15, 0.2) is 42.5 Å². The number of halogens is 1. The van der Waals surface area contributed by atoms with Gasteiger partial charge in [0.05, 0.1) is 6.04 Å². The van der Waals surface area contributed by atoms with Crippen molar-refractivity contribution in [2.75, 3.05) is 0 Å². The molecule has 2 aromatic rings. The van der Waals surface area contributed by atoms with Crippen molar-refractivity contribution in [2.45, 2.75) is 32.7 Å². The van der Waals surface area contributed by atoms with Gasteiger partial charge in [0.15, 0.2) is 0 Å². The highest BCUT2D eigenvalue weighted by Crippen LogP contribution is 2.44. The molecule has 0 unspecified atom stereocenters. The molecule has 0 radical (unpaired) electrons. The second-order valence-corrected chi connectivity index (χ2v) is 7.17. The number of benzene rings is 2. The van der Waals surface area contributed by atoms with E-state index in [1.165, 1.54) is 5.56 Å². The first-order valence-corrected chi connectivity index (χ1v) is 8.13. The van der Waals surface area contributed by atoms with Gasteiger partial charge >= 0.3 is 6.09 Å². The van der Waals surface area contributed by atoms with Crippen LogP contribution in [0.5, 0.6) is 0 Å². The van der Waals surface area contributed by atoms with E-state index in [2.05, 4.69) is 37.4 Å². The third kappa shape index (κ3) is 3.06. The molecule has 23 heavy (non-hydrogen) atoms. The van der Waals surface area contributed by atoms with E-state index < -0.39 is 6.09 Å². The first-order valence-electron chi connectivity index (χ1n) is 7.76. The fourth-order valence-electron chi connectivity index (χ4n) is 3.37. The summed E-state index contributed by atoms with van der Waals surface area (Å²) in [5.74, 6) is 0. The van der Waals surface area contributed by atoms with Gasteiger partial charge in [0.25, 0.3) is 0 Å². The Bertz CT molecular complexity index is 755. The van der Waals surface area contributed by atoms with Gasteiger partial charge in [-0.05, 0) is 47.1 Å². The first-order chi connectivity index (χ1) is 10.9. The molecule has 3 nitrogen and oxygen atoms in total. The Morgan fingerprint density at radius 2 is 2.00 bits per heavy atom. The van der Waals surface area contributed by atoms with E-state index in [0.717, 1.165) is 29.5 Å². The number of fused-ring (bicyclic) bond motifs is 1. The summed E-state index contributed by atoms with van der Waals surface area (Å²) >= 11 is 6.31. The highest BCUT2D eigenvalue weighted by Gasteiger charge is 2.37. The van der Waals surface area contributed by atoms with E-state index in [-0.39, 0.29) is 11.5 Å². The van der Waals surface area contributed by atoms with E-state index >= 15 is 0 Å². The van der Waals surface area contributed by atoms with Crippen LogP contribution < -0.4 is 5.32 Å². The molecule has 0 aliphatic heterocycles. The van der Waals surface area contributed by atoms with E-state index in [1.807, 2.05) is 24.3 Å². The molecular weight excluding hydrogens is 310 g/mol. The molecule has 1 aliphatic rings. The van der Waals surface area contributed by atoms with Crippen LogP contribution in [-0.2, 0) is 6.42 Å². The predicted octanol–water partition coefficient (Wildman–Crippen LogP) is 5.29. The number of rotatable bonds is 2. The van der Waals surface area contributed by atoms with Crippen molar-refractivity contribution in [3.8, 4) is 11.1 Å². The summed E-state index contributed by atoms with van der Waals surface area (Å²) in [5.41, 5.74) is 4.13. The van der Waals surface area contributed by atoms with Gasteiger partial charge in [-0.2, -0.15) is 0 Å². The topological polar surface area (TPSA) is 49.3 Å². The number of hydrogen-bond donors (Lipinski definition) is 2. The van der Waals surface area contributed by atoms with Crippen LogP contribution in [0, 0.1) is 5.41 Å². The number of aryl methyl sites for hydroxylation is 1. The summed E-state index contributed by atoms with van der Waals surface area (Å²) in [6.07, 6.45) is 0.929. The van der Waals surface area contributed by atoms with Crippen LogP contribution in [-0.4, -0.2) is 11.2 Å². The summed E-state index contributed by atoms with van der Waals surface area (Å²) in [4.78, 5) is 11.2. The molecule has 3 rings (SSSR count). The summed E-state index contributed by atoms with van der Waals surface area (Å²) in [5, 5.41) is 12.6. The Balaban J connectivity index is 2.10. The average Bonchev–Trinajstić information content (AvgIpc) is 2.50. The highest BCUT2D eigenvalue weighted by molar-refractivity contribution is 6.33. The molecule has 0 bridgehead atoms. The number of nitrogens with one attached hydrogen (secondary N) is 1. The largest absolute Gasteiger partial charge is 0.465 e. The Morgan fingerprint density at radius 3 is 2.70 bits per heavy atom. The Kier molecular flexibility index (Phi) is 4.07. The molecule has 0 saturated carbocycles. The molecule has 0 aromatic heterocycles. The van der Waals surface area contributed by atoms with Crippen molar-refractivity contribution in [3.05, 3.63) is 58.6 Å². The molecule has 0 saturated heterocycles. The SMILES string of the molecule is CC1(C)CCc2ccc(-c3ccccc3Cl)cc2[C@H]1NC(=O)O. The Labute approximate surface area is 141 Å². The van der Waals surface area contributed by atoms with Crippen molar-refractivity contribution in [1.82, 2.24) is 5.32 Å². The van der Waals surface area contributed by atoms with Crippen LogP contribution in [0.2, 0.25) is 5.02 Å². The van der Waals surface area contributed by atoms with Crippen LogP contribution in [0.25, 0.3) is 11.1 Å². The van der Waals surface area contributed by atoms with Crippen LogP contribution >= 0.6 is 11.6 Å². The standard InChI is InChI=1S/C19H20ClNO2/c1-19(2)10-9-12-7-8-13(14-5-3-4-6-16(14)20)11-15(12)17(19)21-18(22)23/h3-8,11,17,21H,9-10H2,1-2H3,(H,22,23)/t17-/m1/s1. The summed E-state index contributed by atoms with van der Waals surface area (Å²) in [7, 11) is 0. The minimum absolute atomic E-state index is 0.121. The van der Waals surface area contributed by atoms with Gasteiger partial charge in [-0.25, -0.2) is 4.79 Å². The number of hydrogen-bond acceptors (Lipinski definition) is 1. The van der Waals surface area contributed by atoms with Crippen molar-refractivity contribution in [2.24, 2.45) is 5.41 Å². The van der Waals surface area contributed by atoms with Gasteiger partial charge in [-0.3, -0.25) is 0 Å². The lowest BCUT2D eigenvalue weighted by Crippen LogP contribution is -2.40. The molecule has 0 heterocycles. The Hall–Kier alpha value is -2.00. The summed E-state index contributed by atoms with van der Waals surface area (Å²) < 4.78 is 0. The third-order valence-electron chi connectivity index (χ3n) is 4.73. The molecular formula is C19H20ClNO2. The van der Waals surface area contributed by atoms with Gasteiger partial charge in [-0.1, -0.05) is 55.8 Å². The minimum Gasteiger partial charge on any atom is -0.465 e. The van der Waals surface area contributed by atoms with Crippen LogP contribution in [0.4, 0.5) is 4.79 Å². The maximum absolute atomic E-state index is 11.2. The first kappa shape index (κ1) is 15.9. The lowest BCUT2D eigenvalue weighted by atomic mass is 9.70. The van der Waals surface area contributed by atoms with Crippen LogP contribution in [0.1, 0.15) is 37.4 Å². The molecule has 0 fully saturated rings. The smallest absolute Gasteiger partial charge is 0.405 e. The maximum Gasteiger partial charge on any atom is 0.405 e. The van der Waals surface area contributed by atoms with Gasteiger partial charge in [0.2, 0.25) is 0 Å². The second-order valence-electron chi connectivity index (χ2n) is 6.76. The van der Waals surface area contributed by atoms with Crippen molar-refractivity contribution < 1.29 is 9.90 Å². The fraction of sp³-hybridized carbons (Fsp3) is 0.316. The maximum atomic E-state index is 11.2. The molecule has 4 heteroatoms. The van der Waals surface area contributed by atoms with Gasteiger partial charge < -0.3 is 10.4 Å². The van der Waals surface area contributed by atoms with E-state index in [1.54, 1.807) is 0 Å². The summed E-state index contributed by atoms with van der Waals surface area (Å²) in [6, 6.07) is 13.7. The van der Waals surface area contributed by atoms with Gasteiger partial charge in [0.1, 0.15) is 0 Å². The van der Waals surface area contributed by atoms with Gasteiger partial charge in [-0.15, -0.1) is 0 Å². The molecule has 1 atom stereocenters. The average molecular weight is 330 g/mol. The molecule has 2 aromatic carbocycles. The fourth-order valence-corrected chi connectivity index (χ4v) is 3.62. The minimum atomic E-state index is -0.987.